The molecule has 0 amide bonds. The van der Waals surface area contributed by atoms with Gasteiger partial charge in [0.15, 0.2) is 0 Å². The predicted octanol–water partition coefficient (Wildman–Crippen LogP) is 3.59. The van der Waals surface area contributed by atoms with E-state index in [9.17, 15) is 4.79 Å². The molecule has 84 valence electrons. The summed E-state index contributed by atoms with van der Waals surface area (Å²) in [7, 11) is -3.61. The highest BCUT2D eigenvalue weighted by molar-refractivity contribution is 6.74. The minimum Gasteiger partial charge on any atom is -0.490 e. The molecule has 0 aliphatic carbocycles. The van der Waals surface area contributed by atoms with Crippen molar-refractivity contribution in [3.8, 4) is 0 Å². The Kier molecular flexibility index (Phi) is 4.87. The summed E-state index contributed by atoms with van der Waals surface area (Å²) in [6.45, 7) is 12.2. The van der Waals surface area contributed by atoms with Gasteiger partial charge in [-0.05, 0) is 38.3 Å². The number of carbonyl (C=O) groups excluding carboxylic acids is 1. The molecule has 0 spiro atoms. The lowest BCUT2D eigenvalue weighted by atomic mass is 11.0. The van der Waals surface area contributed by atoms with E-state index in [-0.39, 0.29) is 0 Å². The van der Waals surface area contributed by atoms with Crippen LogP contribution < -0.4 is 0 Å². The van der Waals surface area contributed by atoms with Crippen molar-refractivity contribution in [3.05, 3.63) is 0 Å². The lowest BCUT2D eigenvalue weighted by Crippen LogP contribution is -2.38. The molecule has 0 aromatic heterocycles. The quantitative estimate of drug-likeness (QED) is 0.697. The third-order valence-corrected chi connectivity index (χ3v) is 7.27. The van der Waals surface area contributed by atoms with Gasteiger partial charge in [0.05, 0.1) is 0 Å². The normalized spacial score (nSPS) is 12.4. The summed E-state index contributed by atoms with van der Waals surface area (Å²) >= 11 is 0. The molecular formula is C9H22O3Si2. The van der Waals surface area contributed by atoms with Crippen LogP contribution in [0.1, 0.15) is 13.8 Å². The number of rotatable bonds is 4. The minimum atomic E-state index is -1.81. The monoisotopic (exact) mass is 234 g/mol. The number of hydrogen-bond donors (Lipinski definition) is 0. The largest absolute Gasteiger partial charge is 0.490 e. The minimum absolute atomic E-state index is 0.456. The van der Waals surface area contributed by atoms with Crippen molar-refractivity contribution in [1.82, 2.24) is 0 Å². The highest BCUT2D eigenvalue weighted by Gasteiger charge is 2.30. The van der Waals surface area contributed by atoms with Gasteiger partial charge in [0.1, 0.15) is 0 Å². The van der Waals surface area contributed by atoms with Crippen LogP contribution in [0.25, 0.3) is 0 Å². The fourth-order valence-electron chi connectivity index (χ4n) is 0.616. The standard InChI is InChI=1S/C9H22O3Si2/c1-7-13(3,4)11-9(10)12-14(5,6)8-2/h7-8H2,1-6H3. The second kappa shape index (κ2) is 4.97. The van der Waals surface area contributed by atoms with Crippen molar-refractivity contribution in [2.24, 2.45) is 0 Å². The maximum Gasteiger partial charge on any atom is 0.480 e. The van der Waals surface area contributed by atoms with Gasteiger partial charge in [0.2, 0.25) is 0 Å². The van der Waals surface area contributed by atoms with E-state index in [0.29, 0.717) is 0 Å². The van der Waals surface area contributed by atoms with Gasteiger partial charge in [-0.3, -0.25) is 0 Å². The molecule has 0 aromatic carbocycles. The van der Waals surface area contributed by atoms with E-state index in [0.717, 1.165) is 12.1 Å². The highest BCUT2D eigenvalue weighted by atomic mass is 28.4. The fraction of sp³-hybridized carbons (Fsp3) is 0.889. The average molecular weight is 234 g/mol. The molecule has 0 rings (SSSR count). The van der Waals surface area contributed by atoms with Crippen molar-refractivity contribution in [2.75, 3.05) is 0 Å². The van der Waals surface area contributed by atoms with Crippen LogP contribution in [0.4, 0.5) is 4.79 Å². The molecule has 0 saturated carbocycles. The van der Waals surface area contributed by atoms with Crippen LogP contribution in [0.15, 0.2) is 0 Å². The van der Waals surface area contributed by atoms with Crippen LogP contribution in [-0.2, 0) is 8.85 Å². The van der Waals surface area contributed by atoms with Gasteiger partial charge < -0.3 is 8.85 Å². The molecule has 14 heavy (non-hydrogen) atoms. The molecule has 0 aliphatic rings. The van der Waals surface area contributed by atoms with Gasteiger partial charge in [-0.2, -0.15) is 0 Å². The van der Waals surface area contributed by atoms with E-state index in [1.165, 1.54) is 0 Å². The third kappa shape index (κ3) is 5.44. The van der Waals surface area contributed by atoms with E-state index < -0.39 is 22.8 Å². The summed E-state index contributed by atoms with van der Waals surface area (Å²) in [6.07, 6.45) is -0.456. The Bertz CT molecular complexity index is 182. The molecule has 0 heterocycles. The van der Waals surface area contributed by atoms with E-state index in [1.807, 2.05) is 40.0 Å². The fourth-order valence-corrected chi connectivity index (χ4v) is 1.97. The molecule has 0 bridgehead atoms. The first-order valence-electron chi connectivity index (χ1n) is 5.14. The summed E-state index contributed by atoms with van der Waals surface area (Å²) < 4.78 is 10.7. The van der Waals surface area contributed by atoms with E-state index >= 15 is 0 Å². The molecule has 0 fully saturated rings. The van der Waals surface area contributed by atoms with Gasteiger partial charge in [-0.25, -0.2) is 4.79 Å². The SMILES string of the molecule is CC[Si](C)(C)OC(=O)O[Si](C)(C)CC. The van der Waals surface area contributed by atoms with Crippen molar-refractivity contribution in [3.63, 3.8) is 0 Å². The molecule has 0 aliphatic heterocycles. The first kappa shape index (κ1) is 13.7. The number of hydrogen-bond acceptors (Lipinski definition) is 3. The highest BCUT2D eigenvalue weighted by Crippen LogP contribution is 2.15. The van der Waals surface area contributed by atoms with Crippen molar-refractivity contribution < 1.29 is 13.6 Å². The Balaban J connectivity index is 4.12. The van der Waals surface area contributed by atoms with E-state index in [2.05, 4.69) is 0 Å². The molecule has 0 aromatic rings. The van der Waals surface area contributed by atoms with Crippen LogP contribution in [0.5, 0.6) is 0 Å². The van der Waals surface area contributed by atoms with Gasteiger partial charge in [-0.15, -0.1) is 0 Å². The Morgan fingerprint density at radius 1 is 0.929 bits per heavy atom. The molecule has 0 N–H and O–H groups in total. The first-order chi connectivity index (χ1) is 6.22. The molecule has 0 atom stereocenters. The zero-order chi connectivity index (χ0) is 11.4. The Labute approximate surface area is 89.1 Å². The zero-order valence-corrected chi connectivity index (χ0v) is 12.1. The lowest BCUT2D eigenvalue weighted by Gasteiger charge is -2.25. The van der Waals surface area contributed by atoms with Crippen LogP contribution in [0, 0.1) is 0 Å². The molecule has 3 nitrogen and oxygen atoms in total. The van der Waals surface area contributed by atoms with Crippen molar-refractivity contribution in [1.29, 1.82) is 0 Å². The lowest BCUT2D eigenvalue weighted by molar-refractivity contribution is 0.146. The summed E-state index contributed by atoms with van der Waals surface area (Å²) in [4.78, 5) is 11.4. The first-order valence-corrected chi connectivity index (χ1v) is 11.4. The average Bonchev–Trinajstić information content (AvgIpc) is 2.02. The van der Waals surface area contributed by atoms with Crippen LogP contribution in [0.2, 0.25) is 38.3 Å². The predicted molar refractivity (Wildman–Crippen MR) is 63.5 cm³/mol. The van der Waals surface area contributed by atoms with Gasteiger partial charge in [0, 0.05) is 0 Å². The second-order valence-electron chi connectivity index (χ2n) is 4.68. The molecular weight excluding hydrogens is 212 g/mol. The van der Waals surface area contributed by atoms with E-state index in [4.69, 9.17) is 8.85 Å². The van der Waals surface area contributed by atoms with Gasteiger partial charge >= 0.3 is 6.16 Å². The Hall–Kier alpha value is -0.296. The summed E-state index contributed by atoms with van der Waals surface area (Å²) in [6, 6.07) is 1.85. The summed E-state index contributed by atoms with van der Waals surface area (Å²) in [5.41, 5.74) is 0. The van der Waals surface area contributed by atoms with Crippen molar-refractivity contribution in [2.45, 2.75) is 52.1 Å². The van der Waals surface area contributed by atoms with Gasteiger partial charge in [-0.1, -0.05) is 13.8 Å². The van der Waals surface area contributed by atoms with Crippen LogP contribution in [0.3, 0.4) is 0 Å². The number of carbonyl (C=O) groups is 1. The van der Waals surface area contributed by atoms with E-state index in [1.54, 1.807) is 0 Å². The van der Waals surface area contributed by atoms with Crippen LogP contribution >= 0.6 is 0 Å². The third-order valence-electron chi connectivity index (χ3n) is 2.42. The maximum atomic E-state index is 11.4. The molecule has 0 unspecified atom stereocenters. The molecule has 0 saturated heterocycles. The second-order valence-corrected chi connectivity index (χ2v) is 13.5. The Morgan fingerprint density at radius 3 is 1.43 bits per heavy atom. The maximum absolute atomic E-state index is 11.4. The zero-order valence-electron chi connectivity index (χ0n) is 10.1. The summed E-state index contributed by atoms with van der Waals surface area (Å²) in [5.74, 6) is 0. The van der Waals surface area contributed by atoms with Crippen molar-refractivity contribution >= 4 is 22.8 Å². The van der Waals surface area contributed by atoms with Gasteiger partial charge in [0.25, 0.3) is 16.6 Å². The molecule has 0 radical (unpaired) electrons. The smallest absolute Gasteiger partial charge is 0.480 e. The Morgan fingerprint density at radius 2 is 1.21 bits per heavy atom. The topological polar surface area (TPSA) is 35.5 Å². The summed E-state index contributed by atoms with van der Waals surface area (Å²) in [5, 5.41) is 0. The molecule has 5 heteroatoms. The van der Waals surface area contributed by atoms with Crippen LogP contribution in [-0.4, -0.2) is 22.8 Å².